The predicted molar refractivity (Wildman–Crippen MR) is 106 cm³/mol. The molecule has 3 heterocycles. The number of halogens is 3. The SMILES string of the molecule is CCc1nc(Cl)cc(Nc2nc3scc(-c4cc(Cl)ccc4Cl)n3n2)n1. The molecule has 0 saturated heterocycles. The molecule has 3 aromatic heterocycles. The number of fused-ring (bicyclic) bond motifs is 1. The Hall–Kier alpha value is -1.93. The minimum absolute atomic E-state index is 0.367. The smallest absolute Gasteiger partial charge is 0.249 e. The number of nitrogens with one attached hydrogen (secondary N) is 1. The molecule has 0 aliphatic rings. The predicted octanol–water partition coefficient (Wildman–Crippen LogP) is 5.51. The molecule has 0 spiro atoms. The molecule has 132 valence electrons. The number of thiazole rings is 1. The fraction of sp³-hybridized carbons (Fsp3) is 0.125. The van der Waals surface area contributed by atoms with Gasteiger partial charge in [-0.3, -0.25) is 0 Å². The summed E-state index contributed by atoms with van der Waals surface area (Å²) < 4.78 is 1.72. The summed E-state index contributed by atoms with van der Waals surface area (Å²) in [6.07, 6.45) is 0.679. The Balaban J connectivity index is 1.72. The summed E-state index contributed by atoms with van der Waals surface area (Å²) in [6, 6.07) is 6.94. The molecule has 4 rings (SSSR count). The van der Waals surface area contributed by atoms with Crippen LogP contribution in [0.25, 0.3) is 16.2 Å². The van der Waals surface area contributed by atoms with E-state index in [1.807, 2.05) is 12.3 Å². The van der Waals surface area contributed by atoms with E-state index >= 15 is 0 Å². The Bertz CT molecular complexity index is 1110. The van der Waals surface area contributed by atoms with E-state index in [9.17, 15) is 0 Å². The van der Waals surface area contributed by atoms with Gasteiger partial charge in [0.05, 0.1) is 10.7 Å². The summed E-state index contributed by atoms with van der Waals surface area (Å²) in [5.41, 5.74) is 1.60. The van der Waals surface area contributed by atoms with Crippen molar-refractivity contribution >= 4 is 62.9 Å². The maximum atomic E-state index is 6.31. The summed E-state index contributed by atoms with van der Waals surface area (Å²) in [6.45, 7) is 1.96. The number of nitrogens with zero attached hydrogens (tertiary/aromatic N) is 5. The van der Waals surface area contributed by atoms with E-state index in [0.29, 0.717) is 39.2 Å². The zero-order chi connectivity index (χ0) is 18.3. The first-order chi connectivity index (χ1) is 12.5. The van der Waals surface area contributed by atoms with E-state index < -0.39 is 0 Å². The Kier molecular flexibility index (Phi) is 4.71. The molecule has 0 unspecified atom stereocenters. The van der Waals surface area contributed by atoms with Gasteiger partial charge in [-0.05, 0) is 18.2 Å². The summed E-state index contributed by atoms with van der Waals surface area (Å²) in [7, 11) is 0. The number of anilines is 2. The minimum Gasteiger partial charge on any atom is -0.307 e. The molecule has 26 heavy (non-hydrogen) atoms. The zero-order valence-corrected chi connectivity index (χ0v) is 16.5. The highest BCUT2D eigenvalue weighted by Crippen LogP contribution is 2.33. The van der Waals surface area contributed by atoms with Gasteiger partial charge >= 0.3 is 0 Å². The second kappa shape index (κ2) is 7.00. The van der Waals surface area contributed by atoms with Gasteiger partial charge in [0.1, 0.15) is 16.8 Å². The van der Waals surface area contributed by atoms with Gasteiger partial charge in [0.25, 0.3) is 0 Å². The number of aromatic nitrogens is 5. The number of rotatable bonds is 4. The van der Waals surface area contributed by atoms with Crippen LogP contribution in [0.3, 0.4) is 0 Å². The first kappa shape index (κ1) is 17.5. The molecule has 0 amide bonds. The van der Waals surface area contributed by atoms with E-state index in [1.165, 1.54) is 11.3 Å². The normalized spacial score (nSPS) is 11.2. The van der Waals surface area contributed by atoms with Crippen molar-refractivity contribution in [3.8, 4) is 11.3 Å². The zero-order valence-electron chi connectivity index (χ0n) is 13.4. The van der Waals surface area contributed by atoms with E-state index in [0.717, 1.165) is 16.2 Å². The van der Waals surface area contributed by atoms with Crippen LogP contribution in [0.15, 0.2) is 29.6 Å². The fourth-order valence-corrected chi connectivity index (χ4v) is 3.82. The number of hydrogen-bond donors (Lipinski definition) is 1. The van der Waals surface area contributed by atoms with Crippen molar-refractivity contribution in [2.24, 2.45) is 0 Å². The monoisotopic (exact) mass is 424 g/mol. The molecular formula is C16H11Cl3N6S. The maximum absolute atomic E-state index is 6.31. The molecule has 4 aromatic rings. The third kappa shape index (κ3) is 3.35. The molecule has 0 aliphatic heterocycles. The third-order valence-corrected chi connectivity index (χ3v) is 5.16. The van der Waals surface area contributed by atoms with Crippen LogP contribution >= 0.6 is 46.1 Å². The lowest BCUT2D eigenvalue weighted by Gasteiger charge is -2.04. The van der Waals surface area contributed by atoms with Crippen molar-refractivity contribution in [3.63, 3.8) is 0 Å². The minimum atomic E-state index is 0.367. The molecule has 1 N–H and O–H groups in total. The van der Waals surface area contributed by atoms with Crippen LogP contribution in [0.1, 0.15) is 12.7 Å². The van der Waals surface area contributed by atoms with Crippen LogP contribution < -0.4 is 5.32 Å². The fourth-order valence-electron chi connectivity index (χ4n) is 2.42. The highest BCUT2D eigenvalue weighted by molar-refractivity contribution is 7.15. The molecule has 0 radical (unpaired) electrons. The largest absolute Gasteiger partial charge is 0.307 e. The van der Waals surface area contributed by atoms with Crippen molar-refractivity contribution in [2.45, 2.75) is 13.3 Å². The average Bonchev–Trinajstić information content (AvgIpc) is 3.16. The van der Waals surface area contributed by atoms with Gasteiger partial charge in [0, 0.05) is 28.5 Å². The summed E-state index contributed by atoms with van der Waals surface area (Å²) in [5, 5.41) is 11.1. The van der Waals surface area contributed by atoms with E-state index in [4.69, 9.17) is 34.8 Å². The molecule has 0 bridgehead atoms. The van der Waals surface area contributed by atoms with Crippen LogP contribution in [0.5, 0.6) is 0 Å². The third-order valence-electron chi connectivity index (χ3n) is 3.58. The topological polar surface area (TPSA) is 68.0 Å². The molecule has 10 heteroatoms. The maximum Gasteiger partial charge on any atom is 0.249 e. The highest BCUT2D eigenvalue weighted by atomic mass is 35.5. The van der Waals surface area contributed by atoms with Crippen molar-refractivity contribution in [2.75, 3.05) is 5.32 Å². The first-order valence-electron chi connectivity index (χ1n) is 7.63. The van der Waals surface area contributed by atoms with Crippen LogP contribution in [0.4, 0.5) is 11.8 Å². The van der Waals surface area contributed by atoms with Gasteiger partial charge in [-0.1, -0.05) is 41.7 Å². The lowest BCUT2D eigenvalue weighted by Crippen LogP contribution is -2.01. The highest BCUT2D eigenvalue weighted by Gasteiger charge is 2.15. The van der Waals surface area contributed by atoms with Gasteiger partial charge in [0.2, 0.25) is 10.9 Å². The van der Waals surface area contributed by atoms with Crippen LogP contribution in [-0.2, 0) is 6.42 Å². The number of benzene rings is 1. The van der Waals surface area contributed by atoms with Gasteiger partial charge < -0.3 is 5.32 Å². The van der Waals surface area contributed by atoms with E-state index in [1.54, 1.807) is 28.8 Å². The second-order valence-electron chi connectivity index (χ2n) is 5.35. The summed E-state index contributed by atoms with van der Waals surface area (Å²) >= 11 is 19.9. The Labute approximate surface area is 167 Å². The van der Waals surface area contributed by atoms with Gasteiger partial charge in [0.15, 0.2) is 0 Å². The molecule has 0 fully saturated rings. The van der Waals surface area contributed by atoms with Gasteiger partial charge in [-0.2, -0.15) is 4.98 Å². The standard InChI is InChI=1S/C16H11Cl3N6S/c1-2-13-20-12(19)6-14(21-13)22-15-23-16-25(24-15)11(7-26-16)9-5-8(17)3-4-10(9)18/h3-7H,2H2,1H3,(H,20,21,22,24). The Morgan fingerprint density at radius 1 is 1.12 bits per heavy atom. The first-order valence-corrected chi connectivity index (χ1v) is 9.65. The van der Waals surface area contributed by atoms with E-state index in [-0.39, 0.29) is 0 Å². The van der Waals surface area contributed by atoms with Crippen molar-refractivity contribution in [1.29, 1.82) is 0 Å². The molecule has 6 nitrogen and oxygen atoms in total. The number of aryl methyl sites for hydroxylation is 1. The summed E-state index contributed by atoms with van der Waals surface area (Å²) in [5.74, 6) is 1.60. The lowest BCUT2D eigenvalue weighted by molar-refractivity contribution is 0.938. The molecule has 1 aromatic carbocycles. The number of hydrogen-bond acceptors (Lipinski definition) is 6. The van der Waals surface area contributed by atoms with Gasteiger partial charge in [-0.25, -0.2) is 14.5 Å². The molecular weight excluding hydrogens is 415 g/mol. The van der Waals surface area contributed by atoms with Gasteiger partial charge in [-0.15, -0.1) is 16.4 Å². The van der Waals surface area contributed by atoms with Crippen LogP contribution in [0, 0.1) is 0 Å². The molecule has 0 aliphatic carbocycles. The quantitative estimate of drug-likeness (QED) is 0.436. The van der Waals surface area contributed by atoms with Crippen LogP contribution in [-0.4, -0.2) is 24.6 Å². The molecule has 0 atom stereocenters. The molecule has 0 saturated carbocycles. The van der Waals surface area contributed by atoms with E-state index in [2.05, 4.69) is 25.4 Å². The van der Waals surface area contributed by atoms with Crippen molar-refractivity contribution in [3.05, 3.63) is 50.7 Å². The van der Waals surface area contributed by atoms with Crippen molar-refractivity contribution in [1.82, 2.24) is 24.6 Å². The second-order valence-corrected chi connectivity index (χ2v) is 7.41. The van der Waals surface area contributed by atoms with Crippen LogP contribution in [0.2, 0.25) is 15.2 Å². The average molecular weight is 426 g/mol. The Morgan fingerprint density at radius 2 is 1.96 bits per heavy atom. The summed E-state index contributed by atoms with van der Waals surface area (Å²) in [4.78, 5) is 13.7. The lowest BCUT2D eigenvalue weighted by atomic mass is 10.2. The Morgan fingerprint density at radius 3 is 2.77 bits per heavy atom. The van der Waals surface area contributed by atoms with Crippen molar-refractivity contribution < 1.29 is 0 Å².